The molecule has 2 aromatic carbocycles. The third-order valence-corrected chi connectivity index (χ3v) is 4.64. The minimum absolute atomic E-state index is 0. The Morgan fingerprint density at radius 3 is 2.52 bits per heavy atom. The number of aliphatic imine (C=N–C) groups is 1. The van der Waals surface area contributed by atoms with Crippen LogP contribution in [0.15, 0.2) is 35.3 Å². The van der Waals surface area contributed by atoms with Gasteiger partial charge in [-0.05, 0) is 36.8 Å². The van der Waals surface area contributed by atoms with Crippen molar-refractivity contribution in [2.24, 2.45) is 10.7 Å². The Labute approximate surface area is 188 Å². The lowest BCUT2D eigenvalue weighted by molar-refractivity contribution is 0.254. The standard InChI is InChI=1S/C21H27N3O4.HI/c1-13-7-15-9-18(26-3)16(10-19(15)28-13)12-24-21(22)23-11-14-5-6-17(25-2)20(8-14)27-4;/h5-6,8-10,13H,7,11-12H2,1-4H3,(H3,22,23,24);1H. The molecule has 0 spiro atoms. The molecule has 0 bridgehead atoms. The van der Waals surface area contributed by atoms with Gasteiger partial charge in [-0.15, -0.1) is 24.0 Å². The zero-order chi connectivity index (χ0) is 20.1. The maximum Gasteiger partial charge on any atom is 0.189 e. The lowest BCUT2D eigenvalue weighted by Crippen LogP contribution is -2.31. The van der Waals surface area contributed by atoms with Crippen molar-refractivity contribution in [2.75, 3.05) is 21.3 Å². The number of methoxy groups -OCH3 is 3. The Balaban J connectivity index is 0.00000300. The van der Waals surface area contributed by atoms with Gasteiger partial charge in [0.05, 0.1) is 27.9 Å². The minimum atomic E-state index is 0. The Morgan fingerprint density at radius 1 is 1.10 bits per heavy atom. The van der Waals surface area contributed by atoms with E-state index in [0.29, 0.717) is 30.5 Å². The summed E-state index contributed by atoms with van der Waals surface area (Å²) in [6, 6.07) is 9.71. The molecular weight excluding hydrogens is 485 g/mol. The van der Waals surface area contributed by atoms with Crippen LogP contribution in [-0.2, 0) is 19.5 Å². The van der Waals surface area contributed by atoms with Gasteiger partial charge >= 0.3 is 0 Å². The van der Waals surface area contributed by atoms with Crippen LogP contribution in [0.3, 0.4) is 0 Å². The molecule has 0 saturated carbocycles. The molecule has 1 atom stereocenters. The van der Waals surface area contributed by atoms with E-state index in [1.54, 1.807) is 21.3 Å². The number of fused-ring (bicyclic) bond motifs is 1. The molecular formula is C21H28IN3O4. The van der Waals surface area contributed by atoms with E-state index >= 15 is 0 Å². The van der Waals surface area contributed by atoms with Crippen molar-refractivity contribution >= 4 is 29.9 Å². The van der Waals surface area contributed by atoms with E-state index in [4.69, 9.17) is 24.7 Å². The average molecular weight is 513 g/mol. The number of ether oxygens (including phenoxy) is 4. The van der Waals surface area contributed by atoms with Crippen molar-refractivity contribution in [3.63, 3.8) is 0 Å². The molecule has 3 rings (SSSR count). The topological polar surface area (TPSA) is 87.3 Å². The average Bonchev–Trinajstić information content (AvgIpc) is 3.08. The molecule has 1 unspecified atom stereocenters. The number of rotatable bonds is 7. The Morgan fingerprint density at radius 2 is 1.83 bits per heavy atom. The molecule has 1 aliphatic rings. The predicted molar refractivity (Wildman–Crippen MR) is 124 cm³/mol. The Hall–Kier alpha value is -2.36. The highest BCUT2D eigenvalue weighted by Crippen LogP contribution is 2.35. The molecule has 0 saturated heterocycles. The van der Waals surface area contributed by atoms with E-state index in [2.05, 4.69) is 17.2 Å². The molecule has 0 radical (unpaired) electrons. The van der Waals surface area contributed by atoms with Crippen LogP contribution in [0.1, 0.15) is 23.6 Å². The molecule has 29 heavy (non-hydrogen) atoms. The van der Waals surface area contributed by atoms with Crippen molar-refractivity contribution in [1.29, 1.82) is 0 Å². The second kappa shape index (κ2) is 10.4. The van der Waals surface area contributed by atoms with E-state index < -0.39 is 0 Å². The van der Waals surface area contributed by atoms with Gasteiger partial charge in [0.2, 0.25) is 0 Å². The minimum Gasteiger partial charge on any atom is -0.496 e. The van der Waals surface area contributed by atoms with Gasteiger partial charge in [-0.1, -0.05) is 6.07 Å². The number of benzene rings is 2. The van der Waals surface area contributed by atoms with Crippen molar-refractivity contribution < 1.29 is 18.9 Å². The Bertz CT molecular complexity index is 873. The summed E-state index contributed by atoms with van der Waals surface area (Å²) in [5, 5.41) is 3.13. The first-order valence-electron chi connectivity index (χ1n) is 9.15. The molecule has 2 aromatic rings. The third kappa shape index (κ3) is 5.59. The number of nitrogens with one attached hydrogen (secondary N) is 1. The lowest BCUT2D eigenvalue weighted by Gasteiger charge is -2.12. The third-order valence-electron chi connectivity index (χ3n) is 4.64. The predicted octanol–water partition coefficient (Wildman–Crippen LogP) is 3.26. The van der Waals surface area contributed by atoms with Crippen LogP contribution in [-0.4, -0.2) is 33.4 Å². The van der Waals surface area contributed by atoms with Crippen LogP contribution in [0.2, 0.25) is 0 Å². The van der Waals surface area contributed by atoms with Gasteiger partial charge in [0, 0.05) is 24.1 Å². The normalized spacial score (nSPS) is 15.0. The summed E-state index contributed by atoms with van der Waals surface area (Å²) in [6.45, 7) is 2.99. The number of guanidine groups is 1. The monoisotopic (exact) mass is 513 g/mol. The van der Waals surface area contributed by atoms with E-state index in [0.717, 1.165) is 29.0 Å². The molecule has 1 heterocycles. The molecule has 0 fully saturated rings. The van der Waals surface area contributed by atoms with Crippen LogP contribution in [0.4, 0.5) is 0 Å². The summed E-state index contributed by atoms with van der Waals surface area (Å²) in [7, 11) is 4.88. The van der Waals surface area contributed by atoms with Gasteiger partial charge < -0.3 is 30.0 Å². The largest absolute Gasteiger partial charge is 0.496 e. The number of hydrogen-bond acceptors (Lipinski definition) is 5. The lowest BCUT2D eigenvalue weighted by atomic mass is 10.1. The SMILES string of the molecule is COc1cc2c(cc1CNC(N)=NCc1ccc(OC)c(OC)c1)OC(C)C2.I. The molecule has 7 nitrogen and oxygen atoms in total. The van der Waals surface area contributed by atoms with Crippen LogP contribution in [0.5, 0.6) is 23.0 Å². The second-order valence-corrected chi connectivity index (χ2v) is 6.65. The molecule has 1 aliphatic heterocycles. The van der Waals surface area contributed by atoms with Crippen LogP contribution < -0.4 is 30.0 Å². The highest BCUT2D eigenvalue weighted by atomic mass is 127. The van der Waals surface area contributed by atoms with Crippen LogP contribution in [0.25, 0.3) is 0 Å². The molecule has 8 heteroatoms. The molecule has 0 amide bonds. The fourth-order valence-corrected chi connectivity index (χ4v) is 3.21. The molecule has 0 aromatic heterocycles. The smallest absolute Gasteiger partial charge is 0.189 e. The molecule has 0 aliphatic carbocycles. The summed E-state index contributed by atoms with van der Waals surface area (Å²) < 4.78 is 21.9. The van der Waals surface area contributed by atoms with Gasteiger partial charge in [0.25, 0.3) is 0 Å². The molecule has 158 valence electrons. The summed E-state index contributed by atoms with van der Waals surface area (Å²) >= 11 is 0. The van der Waals surface area contributed by atoms with E-state index in [-0.39, 0.29) is 30.1 Å². The van der Waals surface area contributed by atoms with Crippen molar-refractivity contribution in [2.45, 2.75) is 32.5 Å². The fourth-order valence-electron chi connectivity index (χ4n) is 3.21. The van der Waals surface area contributed by atoms with Crippen molar-refractivity contribution in [3.8, 4) is 23.0 Å². The fraction of sp³-hybridized carbons (Fsp3) is 0.381. The van der Waals surface area contributed by atoms with Gasteiger partial charge in [-0.25, -0.2) is 4.99 Å². The highest BCUT2D eigenvalue weighted by Gasteiger charge is 2.21. The highest BCUT2D eigenvalue weighted by molar-refractivity contribution is 14.0. The van der Waals surface area contributed by atoms with Crippen molar-refractivity contribution in [3.05, 3.63) is 47.0 Å². The van der Waals surface area contributed by atoms with Crippen molar-refractivity contribution in [1.82, 2.24) is 5.32 Å². The number of hydrogen-bond donors (Lipinski definition) is 2. The first kappa shape index (κ1) is 22.9. The zero-order valence-corrected chi connectivity index (χ0v) is 19.5. The summed E-state index contributed by atoms with van der Waals surface area (Å²) in [4.78, 5) is 4.40. The number of nitrogens with zero attached hydrogens (tertiary/aromatic N) is 1. The second-order valence-electron chi connectivity index (χ2n) is 6.65. The zero-order valence-electron chi connectivity index (χ0n) is 17.2. The summed E-state index contributed by atoms with van der Waals surface area (Å²) in [6.07, 6.45) is 1.09. The maximum absolute atomic E-state index is 6.03. The number of nitrogens with two attached hydrogens (primary N) is 1. The first-order valence-corrected chi connectivity index (χ1v) is 9.15. The summed E-state index contributed by atoms with van der Waals surface area (Å²) in [5.74, 6) is 3.43. The van der Waals surface area contributed by atoms with E-state index in [1.165, 1.54) is 5.56 Å². The van der Waals surface area contributed by atoms with Gasteiger partial charge in [0.1, 0.15) is 17.6 Å². The quantitative estimate of drug-likeness (QED) is 0.336. The first-order chi connectivity index (χ1) is 13.5. The van der Waals surface area contributed by atoms with E-state index in [9.17, 15) is 0 Å². The van der Waals surface area contributed by atoms with Gasteiger partial charge in [-0.3, -0.25) is 0 Å². The van der Waals surface area contributed by atoms with Crippen LogP contribution in [0, 0.1) is 0 Å². The Kier molecular flexibility index (Phi) is 8.24. The van der Waals surface area contributed by atoms with Gasteiger partial charge in [0.15, 0.2) is 17.5 Å². The number of halogens is 1. The molecule has 3 N–H and O–H groups in total. The van der Waals surface area contributed by atoms with E-state index in [1.807, 2.05) is 30.3 Å². The van der Waals surface area contributed by atoms with Gasteiger partial charge in [-0.2, -0.15) is 0 Å². The summed E-state index contributed by atoms with van der Waals surface area (Å²) in [5.41, 5.74) is 9.15. The maximum atomic E-state index is 6.03. The van der Waals surface area contributed by atoms with Crippen LogP contribution >= 0.6 is 24.0 Å².